The molecular formula is C12H18BrN4OS2+. The van der Waals surface area contributed by atoms with Crippen LogP contribution < -0.4 is 15.6 Å². The second-order valence-electron chi connectivity index (χ2n) is 4.41. The van der Waals surface area contributed by atoms with E-state index in [1.165, 1.54) is 0 Å². The Labute approximate surface area is 136 Å². The number of thiocarbonyl (C=S) groups is 1. The summed E-state index contributed by atoms with van der Waals surface area (Å²) in [5.74, 6) is 0. The highest BCUT2D eigenvalue weighted by molar-refractivity contribution is 9.10. The molecule has 0 bridgehead atoms. The van der Waals surface area contributed by atoms with E-state index in [2.05, 4.69) is 31.8 Å². The molecular weight excluding hydrogens is 360 g/mol. The Kier molecular flexibility index (Phi) is 6.88. The van der Waals surface area contributed by atoms with Crippen LogP contribution in [0, 0.1) is 0 Å². The quantitative estimate of drug-likeness (QED) is 0.390. The van der Waals surface area contributed by atoms with Gasteiger partial charge in [-0.15, -0.1) is 11.3 Å². The molecule has 1 aromatic rings. The van der Waals surface area contributed by atoms with Gasteiger partial charge in [-0.25, -0.2) is 0 Å². The lowest BCUT2D eigenvalue weighted by atomic mass is 10.4. The first kappa shape index (κ1) is 15.8. The van der Waals surface area contributed by atoms with Crippen LogP contribution in [0.2, 0.25) is 0 Å². The second-order valence-corrected chi connectivity index (χ2v) is 6.67. The topological polar surface area (TPSA) is 50.1 Å². The first-order valence-corrected chi connectivity index (χ1v) is 8.54. The molecule has 0 amide bonds. The third kappa shape index (κ3) is 5.84. The van der Waals surface area contributed by atoms with Gasteiger partial charge in [0.15, 0.2) is 5.11 Å². The van der Waals surface area contributed by atoms with E-state index < -0.39 is 0 Å². The molecule has 1 aliphatic rings. The molecule has 1 aliphatic heterocycles. The summed E-state index contributed by atoms with van der Waals surface area (Å²) in [6.45, 7) is 5.77. The van der Waals surface area contributed by atoms with Crippen LogP contribution in [0.25, 0.3) is 0 Å². The molecule has 1 aromatic heterocycles. The van der Waals surface area contributed by atoms with Crippen LogP contribution in [0.4, 0.5) is 0 Å². The summed E-state index contributed by atoms with van der Waals surface area (Å²) in [5, 5.41) is 9.84. The van der Waals surface area contributed by atoms with Gasteiger partial charge in [0, 0.05) is 14.7 Å². The average Bonchev–Trinajstić information content (AvgIpc) is 2.86. The minimum absolute atomic E-state index is 0.560. The maximum absolute atomic E-state index is 5.32. The lowest BCUT2D eigenvalue weighted by Crippen LogP contribution is -3.14. The number of ether oxygens (including phenoxy) is 1. The Morgan fingerprint density at radius 2 is 2.35 bits per heavy atom. The Bertz CT molecular complexity index is 460. The standard InChI is InChI=1S/C12H17BrN4OS2/c13-10-7-11(20-9-10)8-15-16-12(19)14-1-2-17-3-5-18-6-4-17/h7-9H,1-6H2,(H2,14,16,19)/p+1/b15-8-. The summed E-state index contributed by atoms with van der Waals surface area (Å²) in [6.07, 6.45) is 1.76. The fourth-order valence-electron chi connectivity index (χ4n) is 1.85. The van der Waals surface area contributed by atoms with Gasteiger partial charge < -0.3 is 15.0 Å². The van der Waals surface area contributed by atoms with E-state index >= 15 is 0 Å². The van der Waals surface area contributed by atoms with Crippen molar-refractivity contribution in [1.82, 2.24) is 10.7 Å². The molecule has 0 unspecified atom stereocenters. The van der Waals surface area contributed by atoms with Gasteiger partial charge in [-0.2, -0.15) is 5.10 Å². The van der Waals surface area contributed by atoms with Crippen LogP contribution in [0.3, 0.4) is 0 Å². The lowest BCUT2D eigenvalue weighted by Gasteiger charge is -2.23. The number of rotatable bonds is 5. The van der Waals surface area contributed by atoms with E-state index in [9.17, 15) is 0 Å². The number of nitrogens with one attached hydrogen (secondary N) is 3. The average molecular weight is 378 g/mol. The molecule has 1 saturated heterocycles. The first-order valence-electron chi connectivity index (χ1n) is 6.46. The van der Waals surface area contributed by atoms with Crippen LogP contribution >= 0.6 is 39.5 Å². The maximum Gasteiger partial charge on any atom is 0.187 e. The number of quaternary nitrogens is 1. The third-order valence-corrected chi connectivity index (χ3v) is 4.77. The minimum Gasteiger partial charge on any atom is -0.370 e. The molecule has 2 heterocycles. The zero-order valence-electron chi connectivity index (χ0n) is 11.0. The molecule has 0 saturated carbocycles. The summed E-state index contributed by atoms with van der Waals surface area (Å²) >= 11 is 10.2. The molecule has 8 heteroatoms. The summed E-state index contributed by atoms with van der Waals surface area (Å²) < 4.78 is 6.39. The van der Waals surface area contributed by atoms with Crippen molar-refractivity contribution in [3.8, 4) is 0 Å². The van der Waals surface area contributed by atoms with Gasteiger partial charge in [-0.05, 0) is 34.2 Å². The fourth-order valence-corrected chi connectivity index (χ4v) is 3.31. The molecule has 0 aliphatic carbocycles. The molecule has 20 heavy (non-hydrogen) atoms. The predicted molar refractivity (Wildman–Crippen MR) is 89.7 cm³/mol. The SMILES string of the molecule is S=C(NCC[NH+]1CCOCC1)N/N=C\c1cc(Br)cs1. The van der Waals surface area contributed by atoms with Gasteiger partial charge in [0.1, 0.15) is 13.1 Å². The number of hydrogen-bond donors (Lipinski definition) is 3. The molecule has 0 radical (unpaired) electrons. The Hall–Kier alpha value is -0.540. The number of nitrogens with zero attached hydrogens (tertiary/aromatic N) is 1. The molecule has 0 spiro atoms. The van der Waals surface area contributed by atoms with Gasteiger partial charge in [0.2, 0.25) is 0 Å². The van der Waals surface area contributed by atoms with Crippen molar-refractivity contribution in [2.24, 2.45) is 5.10 Å². The minimum atomic E-state index is 0.560. The van der Waals surface area contributed by atoms with E-state index in [-0.39, 0.29) is 0 Å². The van der Waals surface area contributed by atoms with Crippen LogP contribution in [0.1, 0.15) is 4.88 Å². The summed E-state index contributed by atoms with van der Waals surface area (Å²) in [5.41, 5.74) is 2.83. The summed E-state index contributed by atoms with van der Waals surface area (Å²) in [4.78, 5) is 2.63. The van der Waals surface area contributed by atoms with E-state index in [1.807, 2.05) is 11.4 Å². The Balaban J connectivity index is 1.59. The maximum atomic E-state index is 5.32. The highest BCUT2D eigenvalue weighted by Gasteiger charge is 2.12. The number of morpholine rings is 1. The van der Waals surface area contributed by atoms with Crippen molar-refractivity contribution < 1.29 is 9.64 Å². The smallest absolute Gasteiger partial charge is 0.187 e. The fraction of sp³-hybridized carbons (Fsp3) is 0.500. The zero-order valence-corrected chi connectivity index (χ0v) is 14.2. The zero-order chi connectivity index (χ0) is 14.2. The third-order valence-electron chi connectivity index (χ3n) is 2.91. The number of hydrazone groups is 1. The van der Waals surface area contributed by atoms with Crippen LogP contribution in [0.15, 0.2) is 21.0 Å². The van der Waals surface area contributed by atoms with Gasteiger partial charge in [-0.1, -0.05) is 0 Å². The molecule has 0 aromatic carbocycles. The highest BCUT2D eigenvalue weighted by atomic mass is 79.9. The van der Waals surface area contributed by atoms with Crippen molar-refractivity contribution in [3.05, 3.63) is 20.8 Å². The first-order chi connectivity index (χ1) is 9.74. The van der Waals surface area contributed by atoms with Crippen LogP contribution in [-0.4, -0.2) is 50.7 Å². The van der Waals surface area contributed by atoms with Crippen molar-refractivity contribution in [1.29, 1.82) is 0 Å². The predicted octanol–water partition coefficient (Wildman–Crippen LogP) is 0.224. The van der Waals surface area contributed by atoms with E-state index in [0.717, 1.165) is 48.7 Å². The monoisotopic (exact) mass is 377 g/mol. The van der Waals surface area contributed by atoms with E-state index in [0.29, 0.717) is 5.11 Å². The normalized spacial score (nSPS) is 16.4. The molecule has 3 N–H and O–H groups in total. The van der Waals surface area contributed by atoms with Crippen LogP contribution in [0.5, 0.6) is 0 Å². The highest BCUT2D eigenvalue weighted by Crippen LogP contribution is 2.17. The van der Waals surface area contributed by atoms with Gasteiger partial charge in [0.05, 0.1) is 32.5 Å². The van der Waals surface area contributed by atoms with Gasteiger partial charge >= 0.3 is 0 Å². The van der Waals surface area contributed by atoms with Crippen molar-refractivity contribution in [3.63, 3.8) is 0 Å². The molecule has 1 fully saturated rings. The molecule has 0 atom stereocenters. The van der Waals surface area contributed by atoms with Crippen molar-refractivity contribution >= 4 is 50.8 Å². The molecule has 5 nitrogen and oxygen atoms in total. The van der Waals surface area contributed by atoms with Crippen molar-refractivity contribution in [2.45, 2.75) is 0 Å². The molecule has 110 valence electrons. The van der Waals surface area contributed by atoms with Crippen molar-refractivity contribution in [2.75, 3.05) is 39.4 Å². The number of halogens is 1. The Morgan fingerprint density at radius 1 is 1.55 bits per heavy atom. The largest absolute Gasteiger partial charge is 0.370 e. The lowest BCUT2D eigenvalue weighted by molar-refractivity contribution is -0.906. The number of thiophene rings is 1. The molecule has 2 rings (SSSR count). The van der Waals surface area contributed by atoms with Crippen LogP contribution in [-0.2, 0) is 4.74 Å². The summed E-state index contributed by atoms with van der Waals surface area (Å²) in [7, 11) is 0. The Morgan fingerprint density at radius 3 is 3.05 bits per heavy atom. The second kappa shape index (κ2) is 8.68. The summed E-state index contributed by atoms with van der Waals surface area (Å²) in [6, 6.07) is 2.01. The number of hydrogen-bond acceptors (Lipinski definition) is 4. The van der Waals surface area contributed by atoms with Gasteiger partial charge in [-0.3, -0.25) is 5.43 Å². The van der Waals surface area contributed by atoms with E-state index in [4.69, 9.17) is 17.0 Å². The van der Waals surface area contributed by atoms with E-state index in [1.54, 1.807) is 22.5 Å². The van der Waals surface area contributed by atoms with Gasteiger partial charge in [0.25, 0.3) is 0 Å².